The summed E-state index contributed by atoms with van der Waals surface area (Å²) in [5.74, 6) is 0. The van der Waals surface area contributed by atoms with Gasteiger partial charge in [0.25, 0.3) is 0 Å². The molecule has 0 bridgehead atoms. The Morgan fingerprint density at radius 2 is 2.09 bits per heavy atom. The zero-order chi connectivity index (χ0) is 8.53. The highest BCUT2D eigenvalue weighted by atomic mass is 15.2. The molecule has 0 amide bonds. The lowest BCUT2D eigenvalue weighted by molar-refractivity contribution is 0.329. The van der Waals surface area contributed by atoms with Gasteiger partial charge in [-0.1, -0.05) is 19.1 Å². The Bertz CT molecular complexity index is 125. The Kier molecular flexibility index (Phi) is 6.78. The number of hydrogen-bond donors (Lipinski definition) is 2. The van der Waals surface area contributed by atoms with E-state index < -0.39 is 0 Å². The van der Waals surface area contributed by atoms with Gasteiger partial charge in [0.15, 0.2) is 0 Å². The molecule has 3 heteroatoms. The predicted octanol–water partition coefficient (Wildman–Crippen LogP) is 0.253. The molecule has 0 aliphatic heterocycles. The lowest BCUT2D eigenvalue weighted by Gasteiger charge is -2.14. The molecule has 0 aliphatic carbocycles. The largest absolute Gasteiger partial charge is 0.405 e. The molecule has 3 nitrogen and oxygen atoms in total. The van der Waals surface area contributed by atoms with Gasteiger partial charge < -0.3 is 11.5 Å². The van der Waals surface area contributed by atoms with Gasteiger partial charge >= 0.3 is 0 Å². The predicted molar refractivity (Wildman–Crippen MR) is 48.8 cm³/mol. The van der Waals surface area contributed by atoms with E-state index in [1.165, 1.54) is 6.20 Å². The van der Waals surface area contributed by atoms with E-state index in [1.807, 2.05) is 12.2 Å². The van der Waals surface area contributed by atoms with Gasteiger partial charge in [-0.05, 0) is 18.8 Å². The van der Waals surface area contributed by atoms with Crippen molar-refractivity contribution in [1.29, 1.82) is 0 Å². The van der Waals surface area contributed by atoms with Crippen molar-refractivity contribution in [2.45, 2.75) is 6.92 Å². The third-order valence-electron chi connectivity index (χ3n) is 1.43. The summed E-state index contributed by atoms with van der Waals surface area (Å²) >= 11 is 0. The fourth-order valence-electron chi connectivity index (χ4n) is 0.685. The molecule has 0 heterocycles. The maximum absolute atomic E-state index is 5.45. The molecule has 11 heavy (non-hydrogen) atoms. The van der Waals surface area contributed by atoms with Crippen molar-refractivity contribution in [2.75, 3.05) is 19.8 Å². The van der Waals surface area contributed by atoms with Crippen LogP contribution in [0.25, 0.3) is 0 Å². The Balaban J connectivity index is 3.49. The molecule has 0 aromatic heterocycles. The third-order valence-corrected chi connectivity index (χ3v) is 1.43. The second-order valence-corrected chi connectivity index (χ2v) is 2.17. The van der Waals surface area contributed by atoms with Crippen LogP contribution in [0, 0.1) is 0 Å². The highest BCUT2D eigenvalue weighted by molar-refractivity contribution is 5.01. The van der Waals surface area contributed by atoms with E-state index in [9.17, 15) is 0 Å². The van der Waals surface area contributed by atoms with Crippen molar-refractivity contribution in [3.8, 4) is 0 Å². The SMILES string of the molecule is CCN(CN)C/C=C\C=C/N. The van der Waals surface area contributed by atoms with Gasteiger partial charge in [0.05, 0.1) is 0 Å². The summed E-state index contributed by atoms with van der Waals surface area (Å²) in [6, 6.07) is 0. The summed E-state index contributed by atoms with van der Waals surface area (Å²) in [7, 11) is 0. The van der Waals surface area contributed by atoms with Crippen LogP contribution >= 0.6 is 0 Å². The number of nitrogens with zero attached hydrogens (tertiary/aromatic N) is 1. The molecule has 0 aromatic carbocycles. The fraction of sp³-hybridized carbons (Fsp3) is 0.500. The van der Waals surface area contributed by atoms with Crippen LogP contribution in [-0.4, -0.2) is 24.7 Å². The van der Waals surface area contributed by atoms with E-state index in [4.69, 9.17) is 11.5 Å². The summed E-state index contributed by atoms with van der Waals surface area (Å²) in [6.45, 7) is 4.55. The molecule has 0 aliphatic rings. The summed E-state index contributed by atoms with van der Waals surface area (Å²) in [5.41, 5.74) is 10.6. The van der Waals surface area contributed by atoms with Crippen molar-refractivity contribution >= 4 is 0 Å². The van der Waals surface area contributed by atoms with Crippen molar-refractivity contribution in [1.82, 2.24) is 4.90 Å². The number of hydrogen-bond acceptors (Lipinski definition) is 3. The Labute approximate surface area is 68.4 Å². The van der Waals surface area contributed by atoms with E-state index in [0.717, 1.165) is 13.1 Å². The van der Waals surface area contributed by atoms with Gasteiger partial charge in [-0.2, -0.15) is 0 Å². The zero-order valence-corrected chi connectivity index (χ0v) is 7.03. The van der Waals surface area contributed by atoms with Crippen LogP contribution in [0.2, 0.25) is 0 Å². The quantitative estimate of drug-likeness (QED) is 0.442. The lowest BCUT2D eigenvalue weighted by Crippen LogP contribution is -2.29. The first-order chi connectivity index (χ1) is 5.35. The molecule has 0 saturated heterocycles. The maximum Gasteiger partial charge on any atom is 0.0458 e. The van der Waals surface area contributed by atoms with Gasteiger partial charge in [-0.25, -0.2) is 0 Å². The molecule has 0 atom stereocenters. The second kappa shape index (κ2) is 7.31. The topological polar surface area (TPSA) is 55.3 Å². The summed E-state index contributed by atoms with van der Waals surface area (Å²) < 4.78 is 0. The van der Waals surface area contributed by atoms with Crippen molar-refractivity contribution < 1.29 is 0 Å². The maximum atomic E-state index is 5.45. The minimum atomic E-state index is 0.604. The average molecular weight is 155 g/mol. The molecule has 0 fully saturated rings. The molecule has 0 unspecified atom stereocenters. The van der Waals surface area contributed by atoms with E-state index in [0.29, 0.717) is 6.67 Å². The minimum absolute atomic E-state index is 0.604. The first-order valence-corrected chi connectivity index (χ1v) is 3.81. The van der Waals surface area contributed by atoms with E-state index in [-0.39, 0.29) is 0 Å². The molecule has 0 saturated carbocycles. The van der Waals surface area contributed by atoms with Gasteiger partial charge in [-0.3, -0.25) is 4.90 Å². The van der Waals surface area contributed by atoms with Crippen molar-refractivity contribution in [3.05, 3.63) is 24.4 Å². The third kappa shape index (κ3) is 5.63. The van der Waals surface area contributed by atoms with Crippen LogP contribution in [-0.2, 0) is 0 Å². The van der Waals surface area contributed by atoms with Gasteiger partial charge in [0.2, 0.25) is 0 Å². The Hall–Kier alpha value is -0.800. The van der Waals surface area contributed by atoms with Crippen LogP contribution in [0.1, 0.15) is 6.92 Å². The van der Waals surface area contributed by atoms with E-state index >= 15 is 0 Å². The lowest BCUT2D eigenvalue weighted by atomic mass is 10.4. The van der Waals surface area contributed by atoms with Crippen LogP contribution in [0.4, 0.5) is 0 Å². The Morgan fingerprint density at radius 3 is 2.55 bits per heavy atom. The highest BCUT2D eigenvalue weighted by Crippen LogP contribution is 1.84. The average Bonchev–Trinajstić information content (AvgIpc) is 2.05. The van der Waals surface area contributed by atoms with Crippen LogP contribution in [0.15, 0.2) is 24.4 Å². The smallest absolute Gasteiger partial charge is 0.0458 e. The molecule has 4 N–H and O–H groups in total. The van der Waals surface area contributed by atoms with Crippen molar-refractivity contribution in [2.24, 2.45) is 11.5 Å². The molecule has 0 aromatic rings. The monoisotopic (exact) mass is 155 g/mol. The van der Waals surface area contributed by atoms with Gasteiger partial charge in [-0.15, -0.1) is 0 Å². The normalized spacial score (nSPS) is 12.3. The number of rotatable bonds is 5. The molecule has 64 valence electrons. The first-order valence-electron chi connectivity index (χ1n) is 3.81. The summed E-state index contributed by atoms with van der Waals surface area (Å²) in [4.78, 5) is 2.11. The number of likely N-dealkylation sites (N-methyl/N-ethyl adjacent to an activating group) is 1. The van der Waals surface area contributed by atoms with Crippen LogP contribution in [0.5, 0.6) is 0 Å². The molecular weight excluding hydrogens is 138 g/mol. The number of allylic oxidation sites excluding steroid dienone is 2. The second-order valence-electron chi connectivity index (χ2n) is 2.17. The van der Waals surface area contributed by atoms with E-state index in [2.05, 4.69) is 11.8 Å². The van der Waals surface area contributed by atoms with Crippen LogP contribution < -0.4 is 11.5 Å². The van der Waals surface area contributed by atoms with E-state index in [1.54, 1.807) is 6.08 Å². The first kappa shape index (κ1) is 10.2. The molecule has 0 radical (unpaired) electrons. The van der Waals surface area contributed by atoms with Gasteiger partial charge in [0, 0.05) is 13.2 Å². The Morgan fingerprint density at radius 1 is 1.36 bits per heavy atom. The summed E-state index contributed by atoms with van der Waals surface area (Å²) in [5, 5.41) is 0. The zero-order valence-electron chi connectivity index (χ0n) is 7.03. The minimum Gasteiger partial charge on any atom is -0.405 e. The number of nitrogens with two attached hydrogens (primary N) is 2. The fourth-order valence-corrected chi connectivity index (χ4v) is 0.685. The molecule has 0 spiro atoms. The van der Waals surface area contributed by atoms with Crippen LogP contribution in [0.3, 0.4) is 0 Å². The standard InChI is InChI=1S/C8H17N3/c1-2-11(8-10)7-5-3-4-6-9/h3-6H,2,7-10H2,1H3/b5-3-,6-4-. The molecule has 0 rings (SSSR count). The van der Waals surface area contributed by atoms with Gasteiger partial charge in [0.1, 0.15) is 0 Å². The molecular formula is C8H17N3. The van der Waals surface area contributed by atoms with Crippen molar-refractivity contribution in [3.63, 3.8) is 0 Å². The summed E-state index contributed by atoms with van der Waals surface area (Å²) in [6.07, 6.45) is 7.25. The highest BCUT2D eigenvalue weighted by Gasteiger charge is 1.92.